The van der Waals surface area contributed by atoms with Crippen molar-refractivity contribution in [1.29, 1.82) is 0 Å². The average molecular weight is 709 g/mol. The van der Waals surface area contributed by atoms with E-state index in [9.17, 15) is 4.79 Å². The van der Waals surface area contributed by atoms with E-state index in [1.807, 2.05) is 124 Å². The molecule has 0 unspecified atom stereocenters. The summed E-state index contributed by atoms with van der Waals surface area (Å²) in [4.78, 5) is 33.7. The van der Waals surface area contributed by atoms with E-state index in [2.05, 4.69) is 29.6 Å². The summed E-state index contributed by atoms with van der Waals surface area (Å²) < 4.78 is 18.2. The highest BCUT2D eigenvalue weighted by molar-refractivity contribution is 6.01. The van der Waals surface area contributed by atoms with E-state index in [1.165, 1.54) is 0 Å². The van der Waals surface area contributed by atoms with E-state index < -0.39 is 29.3 Å². The second kappa shape index (κ2) is 15.1. The molecule has 270 valence electrons. The van der Waals surface area contributed by atoms with Gasteiger partial charge in [0.15, 0.2) is 11.6 Å². The minimum absolute atomic E-state index is 0.0424. The Bertz CT molecular complexity index is 2060. The maximum atomic E-state index is 15.2. The molecule has 5 aromatic rings. The monoisotopic (exact) mass is 708 g/mol. The summed E-state index contributed by atoms with van der Waals surface area (Å²) in [6.45, 7) is 5.90. The Morgan fingerprint density at radius 3 is 1.98 bits per heavy atom. The van der Waals surface area contributed by atoms with Crippen LogP contribution >= 0.6 is 0 Å². The summed E-state index contributed by atoms with van der Waals surface area (Å²) in [5.41, 5.74) is 5.38. The van der Waals surface area contributed by atoms with Crippen molar-refractivity contribution in [1.82, 2.24) is 5.32 Å². The van der Waals surface area contributed by atoms with E-state index in [0.29, 0.717) is 24.3 Å². The number of fused-ring (bicyclic) bond motifs is 3. The number of carbonyl (C=O) groups is 2. The molecule has 0 saturated heterocycles. The number of benzene rings is 5. The molecule has 0 radical (unpaired) electrons. The van der Waals surface area contributed by atoms with Crippen LogP contribution in [0.25, 0.3) is 22.3 Å². The van der Waals surface area contributed by atoms with Crippen LogP contribution in [-0.4, -0.2) is 47.2 Å². The molecule has 0 saturated carbocycles. The van der Waals surface area contributed by atoms with Gasteiger partial charge in [0.2, 0.25) is 5.90 Å². The molecule has 1 aliphatic heterocycles. The Balaban J connectivity index is 1.31. The van der Waals surface area contributed by atoms with Gasteiger partial charge in [-0.15, -0.1) is 0 Å². The molecular formula is C45H44N2O6. The van der Waals surface area contributed by atoms with Gasteiger partial charge in [0, 0.05) is 25.0 Å². The van der Waals surface area contributed by atoms with Crippen molar-refractivity contribution >= 4 is 17.8 Å². The van der Waals surface area contributed by atoms with E-state index in [0.717, 1.165) is 38.9 Å². The van der Waals surface area contributed by atoms with Gasteiger partial charge in [-0.2, -0.15) is 0 Å². The summed E-state index contributed by atoms with van der Waals surface area (Å²) in [6, 6.07) is 41.1. The van der Waals surface area contributed by atoms with Crippen LogP contribution in [0.5, 0.6) is 5.75 Å². The van der Waals surface area contributed by atoms with Gasteiger partial charge in [-0.05, 0) is 90.4 Å². The minimum Gasteiger partial charge on any atom is -0.494 e. The number of amides is 1. The molecule has 0 bridgehead atoms. The fraction of sp³-hybridized carbons (Fsp3) is 0.267. The molecule has 2 atom stereocenters. The van der Waals surface area contributed by atoms with Gasteiger partial charge < -0.3 is 24.6 Å². The van der Waals surface area contributed by atoms with Gasteiger partial charge in [0.25, 0.3) is 5.91 Å². The van der Waals surface area contributed by atoms with Gasteiger partial charge in [0.1, 0.15) is 11.4 Å². The fourth-order valence-corrected chi connectivity index (χ4v) is 7.10. The summed E-state index contributed by atoms with van der Waals surface area (Å²) in [5.74, 6) is 0.151. The largest absolute Gasteiger partial charge is 0.494 e. The molecule has 5 aromatic carbocycles. The Kier molecular flexibility index (Phi) is 10.2. The number of aliphatic hydroxyl groups excluding tert-OH is 1. The first kappa shape index (κ1) is 35.7. The molecular weight excluding hydrogens is 665 g/mol. The second-order valence-corrected chi connectivity index (χ2v) is 14.4. The van der Waals surface area contributed by atoms with Crippen LogP contribution in [0.4, 0.5) is 0 Å². The van der Waals surface area contributed by atoms with Crippen LogP contribution in [0, 0.1) is 0 Å². The average Bonchev–Trinajstić information content (AvgIpc) is 3.71. The first-order chi connectivity index (χ1) is 25.6. The van der Waals surface area contributed by atoms with Crippen molar-refractivity contribution in [3.63, 3.8) is 0 Å². The Morgan fingerprint density at radius 1 is 0.774 bits per heavy atom. The van der Waals surface area contributed by atoms with Crippen LogP contribution in [0.15, 0.2) is 132 Å². The zero-order chi connectivity index (χ0) is 37.0. The number of carbonyl (C=O) groups excluding carboxylic acids is 2. The highest BCUT2D eigenvalue weighted by Crippen LogP contribution is 2.47. The van der Waals surface area contributed by atoms with Crippen molar-refractivity contribution in [3.05, 3.63) is 150 Å². The molecule has 53 heavy (non-hydrogen) atoms. The van der Waals surface area contributed by atoms with Crippen LogP contribution < -0.4 is 10.1 Å². The van der Waals surface area contributed by atoms with Crippen LogP contribution in [-0.2, 0) is 19.1 Å². The molecule has 1 aliphatic carbocycles. The lowest BCUT2D eigenvalue weighted by Gasteiger charge is -2.32. The van der Waals surface area contributed by atoms with Crippen LogP contribution in [0.2, 0.25) is 0 Å². The van der Waals surface area contributed by atoms with E-state index in [4.69, 9.17) is 24.3 Å². The third-order valence-corrected chi connectivity index (χ3v) is 9.59. The maximum absolute atomic E-state index is 15.2. The van der Waals surface area contributed by atoms with Crippen LogP contribution in [0.1, 0.15) is 74.4 Å². The number of esters is 1. The van der Waals surface area contributed by atoms with Crippen molar-refractivity contribution in [2.45, 2.75) is 63.3 Å². The number of hydrogen-bond acceptors (Lipinski definition) is 7. The molecule has 2 N–H and O–H groups in total. The number of aliphatic imine (C=N–C) groups is 1. The van der Waals surface area contributed by atoms with Gasteiger partial charge >= 0.3 is 5.97 Å². The minimum atomic E-state index is -1.54. The Morgan fingerprint density at radius 2 is 1.36 bits per heavy atom. The first-order valence-corrected chi connectivity index (χ1v) is 18.1. The molecule has 8 heteroatoms. The molecule has 7 rings (SSSR count). The number of hydrogen-bond donors (Lipinski definition) is 2. The third kappa shape index (κ3) is 7.59. The number of aliphatic hydroxyl groups is 1. The molecule has 2 aliphatic rings. The summed E-state index contributed by atoms with van der Waals surface area (Å²) in [5, 5.41) is 12.5. The third-order valence-electron chi connectivity index (χ3n) is 9.59. The predicted octanol–water partition coefficient (Wildman–Crippen LogP) is 8.38. The zero-order valence-electron chi connectivity index (χ0n) is 30.3. The zero-order valence-corrected chi connectivity index (χ0v) is 30.3. The summed E-state index contributed by atoms with van der Waals surface area (Å²) in [7, 11) is 0. The normalized spacial score (nSPS) is 17.7. The standard InChI is InChI=1S/C45H44N2O6/c1-44(2,3)53-39(49)26-27-45(43(50)46-40-37-16-9-7-14-35(37)36-15-8-10-17-38(36)40)41(32-20-18-31(19-21-32)30-12-5-4-6-13-30)52-42(47-45)33-22-24-34(25-23-33)51-29-11-28-48/h4-10,12-25,40-41,48H,11,26-29H2,1-3H3,(H,46,50)/t41-,45-/m1/s1. The maximum Gasteiger partial charge on any atom is 0.306 e. The van der Waals surface area contributed by atoms with Gasteiger partial charge in [0.05, 0.1) is 12.6 Å². The van der Waals surface area contributed by atoms with Crippen LogP contribution in [0.3, 0.4) is 0 Å². The van der Waals surface area contributed by atoms with Crippen molar-refractivity contribution in [2.24, 2.45) is 4.99 Å². The van der Waals surface area contributed by atoms with E-state index in [1.54, 1.807) is 0 Å². The molecule has 1 amide bonds. The lowest BCUT2D eigenvalue weighted by Crippen LogP contribution is -2.49. The number of nitrogens with one attached hydrogen (secondary N) is 1. The van der Waals surface area contributed by atoms with Crippen molar-refractivity contribution in [2.75, 3.05) is 13.2 Å². The van der Waals surface area contributed by atoms with Crippen molar-refractivity contribution < 1.29 is 28.9 Å². The Hall–Kier alpha value is -5.73. The molecule has 0 fully saturated rings. The Labute approximate surface area is 310 Å². The summed E-state index contributed by atoms with van der Waals surface area (Å²) in [6.07, 6.45) is -0.357. The van der Waals surface area contributed by atoms with Gasteiger partial charge in [-0.25, -0.2) is 4.99 Å². The quantitative estimate of drug-likeness (QED) is 0.0997. The second-order valence-electron chi connectivity index (χ2n) is 14.4. The molecule has 0 spiro atoms. The van der Waals surface area contributed by atoms with E-state index >= 15 is 4.79 Å². The fourth-order valence-electron chi connectivity index (χ4n) is 7.10. The number of rotatable bonds is 12. The summed E-state index contributed by atoms with van der Waals surface area (Å²) >= 11 is 0. The number of ether oxygens (including phenoxy) is 3. The van der Waals surface area contributed by atoms with Gasteiger partial charge in [-0.1, -0.05) is 103 Å². The first-order valence-electron chi connectivity index (χ1n) is 18.1. The highest BCUT2D eigenvalue weighted by atomic mass is 16.6. The smallest absolute Gasteiger partial charge is 0.306 e. The lowest BCUT2D eigenvalue weighted by molar-refractivity contribution is -0.155. The van der Waals surface area contributed by atoms with Gasteiger partial charge in [-0.3, -0.25) is 9.59 Å². The SMILES string of the molecule is CC(C)(C)OC(=O)CC[C@@]1(C(=O)NC2c3ccccc3-c3ccccc32)N=C(c2ccc(OCCCO)cc2)O[C@@H]1c1ccc(-c2ccccc2)cc1. The lowest BCUT2D eigenvalue weighted by atomic mass is 9.82. The topological polar surface area (TPSA) is 106 Å². The van der Waals surface area contributed by atoms with E-state index in [-0.39, 0.29) is 31.3 Å². The molecule has 8 nitrogen and oxygen atoms in total. The molecule has 0 aromatic heterocycles. The molecule has 1 heterocycles. The van der Waals surface area contributed by atoms with Crippen molar-refractivity contribution in [3.8, 4) is 28.0 Å². The predicted molar refractivity (Wildman–Crippen MR) is 206 cm³/mol. The number of nitrogens with zero attached hydrogens (tertiary/aromatic N) is 1. The highest BCUT2D eigenvalue weighted by Gasteiger charge is 2.54.